The highest BCUT2D eigenvalue weighted by Crippen LogP contribution is 2.12. The van der Waals surface area contributed by atoms with Crippen LogP contribution in [-0.2, 0) is 16.6 Å². The molecule has 0 unspecified atom stereocenters. The topological polar surface area (TPSA) is 73.4 Å². The lowest BCUT2D eigenvalue weighted by atomic mass is 10.4. The number of carbonyl (C=O) groups is 1. The van der Waals surface area contributed by atoms with Crippen molar-refractivity contribution in [2.45, 2.75) is 0 Å². The Morgan fingerprint density at radius 1 is 1.57 bits per heavy atom. The molecule has 0 N–H and O–H groups in total. The van der Waals surface area contributed by atoms with Crippen LogP contribution in [0.1, 0.15) is 10.5 Å². The second-order valence-electron chi connectivity index (χ2n) is 2.44. The van der Waals surface area contributed by atoms with Crippen molar-refractivity contribution in [2.75, 3.05) is 14.2 Å². The Hall–Kier alpha value is -1.92. The van der Waals surface area contributed by atoms with Gasteiger partial charge in [0.05, 0.1) is 13.2 Å². The third-order valence-electron chi connectivity index (χ3n) is 1.60. The van der Waals surface area contributed by atoms with Gasteiger partial charge in [-0.1, -0.05) is 5.10 Å². The van der Waals surface area contributed by atoms with E-state index in [1.165, 1.54) is 32.0 Å². The van der Waals surface area contributed by atoms with E-state index in [1.807, 2.05) is 0 Å². The molecule has 1 aromatic rings. The number of aryl methyl sites for hydroxylation is 1. The van der Waals surface area contributed by atoms with Gasteiger partial charge in [0.1, 0.15) is 14.2 Å². The first-order chi connectivity index (χ1) is 6.60. The molecule has 0 aliphatic carbocycles. The molecule has 7 heteroatoms. The number of methoxy groups -OCH3 is 1. The average molecular weight is 200 g/mol. The molecule has 1 rings (SSSR count). The molecule has 0 aliphatic rings. The third kappa shape index (κ3) is 1.70. The number of nitrogens with zero attached hydrogens (tertiary/aromatic N) is 3. The molecule has 0 saturated heterocycles. The SMILES string of the molecule is COC(=O)c1cc([N+](=O)OC)n(C)n1. The number of ether oxygens (including phenoxy) is 1. The lowest BCUT2D eigenvalue weighted by Gasteiger charge is -1.88. The van der Waals surface area contributed by atoms with Crippen LogP contribution >= 0.6 is 0 Å². The summed E-state index contributed by atoms with van der Waals surface area (Å²) in [7, 11) is 3.98. The smallest absolute Gasteiger partial charge is 0.391 e. The standard InChI is InChI=1S/C7H10N3O4/c1-9-6(10(12)14-3)4-5(8-9)7(11)13-2/h4H,1-3H3/q+1. The van der Waals surface area contributed by atoms with E-state index in [4.69, 9.17) is 0 Å². The van der Waals surface area contributed by atoms with Gasteiger partial charge in [0.15, 0.2) is 10.6 Å². The minimum atomic E-state index is -0.601. The quantitative estimate of drug-likeness (QED) is 0.514. The van der Waals surface area contributed by atoms with Gasteiger partial charge in [0, 0.05) is 0 Å². The van der Waals surface area contributed by atoms with Crippen molar-refractivity contribution in [1.29, 1.82) is 0 Å². The molecule has 76 valence electrons. The first-order valence-electron chi connectivity index (χ1n) is 3.74. The van der Waals surface area contributed by atoms with Gasteiger partial charge in [-0.2, -0.15) is 0 Å². The minimum absolute atomic E-state index is 0.0582. The van der Waals surface area contributed by atoms with E-state index in [2.05, 4.69) is 14.7 Å². The summed E-state index contributed by atoms with van der Waals surface area (Å²) in [6, 6.07) is 1.28. The summed E-state index contributed by atoms with van der Waals surface area (Å²) in [6.45, 7) is 0. The van der Waals surface area contributed by atoms with Gasteiger partial charge in [-0.15, -0.1) is 4.68 Å². The molecule has 0 aromatic carbocycles. The lowest BCUT2D eigenvalue weighted by molar-refractivity contribution is -0.740. The van der Waals surface area contributed by atoms with Crippen LogP contribution in [0.3, 0.4) is 0 Å². The van der Waals surface area contributed by atoms with Crippen molar-refractivity contribution in [1.82, 2.24) is 9.78 Å². The summed E-state index contributed by atoms with van der Waals surface area (Å²) >= 11 is 0. The number of rotatable bonds is 3. The maximum Gasteiger partial charge on any atom is 0.391 e. The zero-order valence-electron chi connectivity index (χ0n) is 8.05. The van der Waals surface area contributed by atoms with Crippen molar-refractivity contribution in [3.05, 3.63) is 16.7 Å². The largest absolute Gasteiger partial charge is 0.464 e. The molecule has 0 atom stereocenters. The van der Waals surface area contributed by atoms with E-state index in [9.17, 15) is 9.70 Å². The van der Waals surface area contributed by atoms with Crippen LogP contribution in [-0.4, -0.2) is 34.9 Å². The summed E-state index contributed by atoms with van der Waals surface area (Å²) in [5.74, 6) is -0.482. The Kier molecular flexibility index (Phi) is 2.80. The van der Waals surface area contributed by atoms with Crippen LogP contribution in [0.5, 0.6) is 0 Å². The van der Waals surface area contributed by atoms with Gasteiger partial charge in [-0.05, 0) is 4.91 Å². The number of esters is 1. The van der Waals surface area contributed by atoms with Crippen LogP contribution in [0.15, 0.2) is 6.07 Å². The molecule has 0 saturated carbocycles. The maximum absolute atomic E-state index is 11.0. The van der Waals surface area contributed by atoms with Gasteiger partial charge in [-0.25, -0.2) is 4.79 Å². The molecule has 0 radical (unpaired) electrons. The van der Waals surface area contributed by atoms with Crippen molar-refractivity contribution in [2.24, 2.45) is 7.05 Å². The predicted molar refractivity (Wildman–Crippen MR) is 44.8 cm³/mol. The van der Waals surface area contributed by atoms with E-state index >= 15 is 0 Å². The van der Waals surface area contributed by atoms with Gasteiger partial charge in [0.25, 0.3) is 0 Å². The van der Waals surface area contributed by atoms with Crippen LogP contribution < -0.4 is 0 Å². The van der Waals surface area contributed by atoms with Crippen LogP contribution in [0, 0.1) is 4.91 Å². The van der Waals surface area contributed by atoms with Gasteiger partial charge in [0.2, 0.25) is 0 Å². The van der Waals surface area contributed by atoms with E-state index in [-0.39, 0.29) is 16.4 Å². The molecule has 0 fully saturated rings. The number of hydrogen-bond donors (Lipinski definition) is 0. The van der Waals surface area contributed by atoms with E-state index in [0.29, 0.717) is 0 Å². The Labute approximate surface area is 79.7 Å². The van der Waals surface area contributed by atoms with E-state index < -0.39 is 5.97 Å². The van der Waals surface area contributed by atoms with Crippen LogP contribution in [0.25, 0.3) is 0 Å². The van der Waals surface area contributed by atoms with Crippen molar-refractivity contribution in [3.8, 4) is 0 Å². The van der Waals surface area contributed by atoms with Gasteiger partial charge < -0.3 is 9.57 Å². The zero-order valence-corrected chi connectivity index (χ0v) is 8.05. The Morgan fingerprint density at radius 3 is 2.71 bits per heavy atom. The summed E-state index contributed by atoms with van der Waals surface area (Å²) in [4.78, 5) is 26.7. The van der Waals surface area contributed by atoms with Crippen molar-refractivity contribution >= 4 is 11.8 Å². The fourth-order valence-electron chi connectivity index (χ4n) is 0.926. The maximum atomic E-state index is 11.0. The monoisotopic (exact) mass is 200 g/mol. The molecular formula is C7H10N3O4+. The lowest BCUT2D eigenvalue weighted by Crippen LogP contribution is -2.04. The fraction of sp³-hybridized carbons (Fsp3) is 0.429. The Balaban J connectivity index is 3.05. The van der Waals surface area contributed by atoms with E-state index in [0.717, 1.165) is 0 Å². The second kappa shape index (κ2) is 3.86. The summed E-state index contributed by atoms with van der Waals surface area (Å²) in [6.07, 6.45) is 0. The average Bonchev–Trinajstić information content (AvgIpc) is 2.58. The first kappa shape index (κ1) is 10.2. The highest BCUT2D eigenvalue weighted by Gasteiger charge is 2.24. The summed E-state index contributed by atoms with van der Waals surface area (Å²) < 4.78 is 5.67. The van der Waals surface area contributed by atoms with Crippen LogP contribution in [0.4, 0.5) is 5.82 Å². The fourth-order valence-corrected chi connectivity index (χ4v) is 0.926. The second-order valence-corrected chi connectivity index (χ2v) is 2.44. The molecule has 0 bridgehead atoms. The number of carbonyl (C=O) groups excluding carboxylic acids is 1. The Bertz CT molecular complexity index is 371. The molecule has 14 heavy (non-hydrogen) atoms. The summed E-state index contributed by atoms with van der Waals surface area (Å²) in [5.41, 5.74) is 0.0582. The number of hydrogen-bond acceptors (Lipinski definition) is 5. The molecule has 0 spiro atoms. The van der Waals surface area contributed by atoms with Gasteiger partial charge in [-0.3, -0.25) is 0 Å². The van der Waals surface area contributed by atoms with Crippen LogP contribution in [0.2, 0.25) is 0 Å². The molecule has 0 amide bonds. The predicted octanol–water partition coefficient (Wildman–Crippen LogP) is 0.178. The normalized spacial score (nSPS) is 9.64. The van der Waals surface area contributed by atoms with Gasteiger partial charge >= 0.3 is 11.8 Å². The summed E-state index contributed by atoms with van der Waals surface area (Å²) in [5, 5.41) is 3.77. The Morgan fingerprint density at radius 2 is 2.21 bits per heavy atom. The van der Waals surface area contributed by atoms with Crippen molar-refractivity contribution < 1.29 is 19.3 Å². The molecular weight excluding hydrogens is 190 g/mol. The molecule has 7 nitrogen and oxygen atoms in total. The van der Waals surface area contributed by atoms with E-state index in [1.54, 1.807) is 0 Å². The molecule has 1 aromatic heterocycles. The molecule has 1 heterocycles. The third-order valence-corrected chi connectivity index (χ3v) is 1.60. The molecule has 0 aliphatic heterocycles. The number of aromatic nitrogens is 2. The van der Waals surface area contributed by atoms with Crippen molar-refractivity contribution in [3.63, 3.8) is 0 Å². The zero-order chi connectivity index (χ0) is 10.7. The first-order valence-corrected chi connectivity index (χ1v) is 3.74. The highest BCUT2D eigenvalue weighted by molar-refractivity contribution is 5.87. The minimum Gasteiger partial charge on any atom is -0.464 e. The highest BCUT2D eigenvalue weighted by atomic mass is 16.8.